The quantitative estimate of drug-likeness (QED) is 0.470. The van der Waals surface area contributed by atoms with Gasteiger partial charge in [-0.1, -0.05) is 48.5 Å². The minimum Gasteiger partial charge on any atom is -0.481 e. The first-order chi connectivity index (χ1) is 17.5. The van der Waals surface area contributed by atoms with Crippen LogP contribution in [0.25, 0.3) is 11.1 Å². The predicted octanol–water partition coefficient (Wildman–Crippen LogP) is 3.35. The average Bonchev–Trinajstić information content (AvgIpc) is 3.14. The maximum atomic E-state index is 12.6. The second-order valence-electron chi connectivity index (χ2n) is 9.81. The van der Waals surface area contributed by atoms with Crippen molar-refractivity contribution in [2.75, 3.05) is 26.7 Å². The lowest BCUT2D eigenvalue weighted by molar-refractivity contribution is -0.139. The first kappa shape index (κ1) is 27.5. The fraction of sp³-hybridized carbons (Fsp3) is 0.407. The summed E-state index contributed by atoms with van der Waals surface area (Å²) in [6, 6.07) is 14.4. The number of amides is 3. The van der Waals surface area contributed by atoms with Gasteiger partial charge in [-0.25, -0.2) is 9.59 Å². The fourth-order valence-electron chi connectivity index (χ4n) is 4.07. The van der Waals surface area contributed by atoms with Crippen molar-refractivity contribution >= 4 is 24.1 Å². The third-order valence-electron chi connectivity index (χ3n) is 5.78. The summed E-state index contributed by atoms with van der Waals surface area (Å²) in [5.41, 5.74) is 3.56. The number of aliphatic carboxylic acids is 1. The molecule has 0 radical (unpaired) electrons. The molecule has 3 rings (SSSR count). The van der Waals surface area contributed by atoms with Crippen molar-refractivity contribution in [3.63, 3.8) is 0 Å². The molecule has 2 aromatic carbocycles. The molecular formula is C27H33N3O7. The van der Waals surface area contributed by atoms with Crippen molar-refractivity contribution < 1.29 is 33.8 Å². The zero-order valence-electron chi connectivity index (χ0n) is 21.4. The normalized spacial score (nSPS) is 13.1. The van der Waals surface area contributed by atoms with Crippen molar-refractivity contribution in [3.05, 3.63) is 59.7 Å². The zero-order chi connectivity index (χ0) is 27.2. The topological polar surface area (TPSA) is 134 Å². The number of carboxylic acid groups (broad SMARTS) is 1. The average molecular weight is 512 g/mol. The Morgan fingerprint density at radius 3 is 2.11 bits per heavy atom. The van der Waals surface area contributed by atoms with E-state index >= 15 is 0 Å². The van der Waals surface area contributed by atoms with Gasteiger partial charge in [0.15, 0.2) is 0 Å². The van der Waals surface area contributed by atoms with Gasteiger partial charge in [0.05, 0.1) is 6.42 Å². The van der Waals surface area contributed by atoms with Crippen LogP contribution in [0.3, 0.4) is 0 Å². The highest BCUT2D eigenvalue weighted by Gasteiger charge is 2.30. The summed E-state index contributed by atoms with van der Waals surface area (Å²) in [7, 11) is 1.52. The van der Waals surface area contributed by atoms with Crippen molar-refractivity contribution in [1.82, 2.24) is 15.5 Å². The number of likely N-dealkylation sites (N-methyl/N-ethyl adjacent to an activating group) is 1. The Labute approximate surface area is 215 Å². The Kier molecular flexibility index (Phi) is 8.75. The summed E-state index contributed by atoms with van der Waals surface area (Å²) < 4.78 is 10.7. The van der Waals surface area contributed by atoms with E-state index in [9.17, 15) is 24.3 Å². The molecule has 0 heterocycles. The number of nitrogens with zero attached hydrogens (tertiary/aromatic N) is 1. The van der Waals surface area contributed by atoms with E-state index in [1.807, 2.05) is 48.5 Å². The molecule has 37 heavy (non-hydrogen) atoms. The lowest BCUT2D eigenvalue weighted by Crippen LogP contribution is -2.49. The van der Waals surface area contributed by atoms with Crippen LogP contribution in [-0.4, -0.2) is 72.5 Å². The lowest BCUT2D eigenvalue weighted by Gasteiger charge is -2.25. The van der Waals surface area contributed by atoms with Gasteiger partial charge in [0.25, 0.3) is 0 Å². The highest BCUT2D eigenvalue weighted by atomic mass is 16.6. The van der Waals surface area contributed by atoms with Crippen LogP contribution in [0.4, 0.5) is 9.59 Å². The SMILES string of the molecule is CN(CCNC(=O)C(CC(=O)O)NC(=O)OCC1c2ccccc2-c2ccccc21)C(=O)OC(C)(C)C. The van der Waals surface area contributed by atoms with Gasteiger partial charge in [-0.15, -0.1) is 0 Å². The van der Waals surface area contributed by atoms with Crippen LogP contribution in [-0.2, 0) is 19.1 Å². The number of rotatable bonds is 9. The smallest absolute Gasteiger partial charge is 0.410 e. The zero-order valence-corrected chi connectivity index (χ0v) is 21.4. The van der Waals surface area contributed by atoms with Crippen LogP contribution in [0, 0.1) is 0 Å². The van der Waals surface area contributed by atoms with E-state index in [2.05, 4.69) is 10.6 Å². The molecule has 0 aromatic heterocycles. The molecule has 0 saturated carbocycles. The van der Waals surface area contributed by atoms with Crippen LogP contribution >= 0.6 is 0 Å². The number of hydrogen-bond acceptors (Lipinski definition) is 6. The molecule has 1 unspecified atom stereocenters. The highest BCUT2D eigenvalue weighted by Crippen LogP contribution is 2.44. The number of carboxylic acids is 1. The number of hydrogen-bond donors (Lipinski definition) is 3. The Balaban J connectivity index is 1.55. The molecule has 0 saturated heterocycles. The molecule has 3 N–H and O–H groups in total. The van der Waals surface area contributed by atoms with Crippen molar-refractivity contribution in [3.8, 4) is 11.1 Å². The van der Waals surface area contributed by atoms with Gasteiger partial charge in [0, 0.05) is 26.1 Å². The monoisotopic (exact) mass is 511 g/mol. The third-order valence-corrected chi connectivity index (χ3v) is 5.78. The fourth-order valence-corrected chi connectivity index (χ4v) is 4.07. The number of nitrogens with one attached hydrogen (secondary N) is 2. The van der Waals surface area contributed by atoms with Crippen LogP contribution in [0.5, 0.6) is 0 Å². The van der Waals surface area contributed by atoms with E-state index in [0.29, 0.717) is 0 Å². The summed E-state index contributed by atoms with van der Waals surface area (Å²) >= 11 is 0. The third kappa shape index (κ3) is 7.45. The molecule has 0 bridgehead atoms. The lowest BCUT2D eigenvalue weighted by atomic mass is 9.98. The first-order valence-corrected chi connectivity index (χ1v) is 12.0. The van der Waals surface area contributed by atoms with Crippen molar-refractivity contribution in [2.24, 2.45) is 0 Å². The molecule has 0 spiro atoms. The van der Waals surface area contributed by atoms with Gasteiger partial charge in [0.2, 0.25) is 5.91 Å². The van der Waals surface area contributed by atoms with E-state index < -0.39 is 42.1 Å². The summed E-state index contributed by atoms with van der Waals surface area (Å²) in [4.78, 5) is 49.8. The van der Waals surface area contributed by atoms with Gasteiger partial charge >= 0.3 is 18.2 Å². The minimum atomic E-state index is -1.35. The molecule has 0 aliphatic heterocycles. The Morgan fingerprint density at radius 1 is 1.00 bits per heavy atom. The Hall–Kier alpha value is -4.08. The van der Waals surface area contributed by atoms with Crippen molar-refractivity contribution in [2.45, 2.75) is 44.8 Å². The first-order valence-electron chi connectivity index (χ1n) is 12.0. The van der Waals surface area contributed by atoms with Gasteiger partial charge in [-0.3, -0.25) is 9.59 Å². The second-order valence-corrected chi connectivity index (χ2v) is 9.81. The van der Waals surface area contributed by atoms with Crippen LogP contribution in [0.2, 0.25) is 0 Å². The minimum absolute atomic E-state index is 0.0297. The van der Waals surface area contributed by atoms with E-state index in [1.54, 1.807) is 20.8 Å². The number of benzene rings is 2. The maximum absolute atomic E-state index is 12.6. The summed E-state index contributed by atoms with van der Waals surface area (Å²) in [6.45, 7) is 5.43. The predicted molar refractivity (Wildman–Crippen MR) is 136 cm³/mol. The number of carbonyl (C=O) groups is 4. The molecule has 10 nitrogen and oxygen atoms in total. The van der Waals surface area contributed by atoms with Crippen molar-refractivity contribution in [1.29, 1.82) is 0 Å². The number of ether oxygens (including phenoxy) is 2. The Bertz CT molecular complexity index is 1110. The molecule has 1 atom stereocenters. The van der Waals surface area contributed by atoms with Crippen LogP contribution < -0.4 is 10.6 Å². The van der Waals surface area contributed by atoms with E-state index in [4.69, 9.17) is 9.47 Å². The molecule has 10 heteroatoms. The number of carbonyl (C=O) groups excluding carboxylic acids is 3. The Morgan fingerprint density at radius 2 is 1.57 bits per heavy atom. The summed E-state index contributed by atoms with van der Waals surface area (Å²) in [5, 5.41) is 14.1. The molecule has 1 aliphatic carbocycles. The molecule has 3 amide bonds. The van der Waals surface area contributed by atoms with E-state index in [-0.39, 0.29) is 25.6 Å². The maximum Gasteiger partial charge on any atom is 0.410 e. The second kappa shape index (κ2) is 11.8. The highest BCUT2D eigenvalue weighted by molar-refractivity contribution is 5.89. The molecule has 198 valence electrons. The van der Waals surface area contributed by atoms with Gasteiger partial charge in [-0.05, 0) is 43.0 Å². The van der Waals surface area contributed by atoms with Gasteiger partial charge < -0.3 is 30.1 Å². The number of fused-ring (bicyclic) bond motifs is 3. The molecule has 0 fully saturated rings. The van der Waals surface area contributed by atoms with E-state index in [0.717, 1.165) is 22.3 Å². The van der Waals surface area contributed by atoms with E-state index in [1.165, 1.54) is 11.9 Å². The summed E-state index contributed by atoms with van der Waals surface area (Å²) in [5.74, 6) is -2.13. The molecular weight excluding hydrogens is 478 g/mol. The van der Waals surface area contributed by atoms with Gasteiger partial charge in [-0.2, -0.15) is 0 Å². The molecule has 2 aromatic rings. The van der Waals surface area contributed by atoms with Crippen LogP contribution in [0.15, 0.2) is 48.5 Å². The number of alkyl carbamates (subject to hydrolysis) is 1. The van der Waals surface area contributed by atoms with Crippen LogP contribution in [0.1, 0.15) is 44.2 Å². The standard InChI is InChI=1S/C27H33N3O7/c1-27(2,3)37-26(35)30(4)14-13-28-24(33)22(15-23(31)32)29-25(34)36-16-21-19-11-7-5-9-17(19)18-10-6-8-12-20(18)21/h5-12,21-22H,13-16H2,1-4H3,(H,28,33)(H,29,34)(H,31,32). The van der Waals surface area contributed by atoms with Gasteiger partial charge in [0.1, 0.15) is 18.2 Å². The summed E-state index contributed by atoms with van der Waals surface area (Å²) in [6.07, 6.45) is -2.08. The largest absolute Gasteiger partial charge is 0.481 e. The molecule has 1 aliphatic rings.